The Kier molecular flexibility index (Phi) is 3.14. The highest BCUT2D eigenvalue weighted by molar-refractivity contribution is 5.83. The van der Waals surface area contributed by atoms with Crippen molar-refractivity contribution < 1.29 is 14.4 Å². The Bertz CT molecular complexity index is 941. The van der Waals surface area contributed by atoms with Crippen LogP contribution in [0.4, 0.5) is 5.69 Å². The van der Waals surface area contributed by atoms with Crippen molar-refractivity contribution in [3.63, 3.8) is 0 Å². The van der Waals surface area contributed by atoms with Gasteiger partial charge in [0.05, 0.1) is 15.9 Å². The number of hydrogen-bond acceptors (Lipinski definition) is 5. The molecule has 3 aromatic rings. The van der Waals surface area contributed by atoms with Crippen molar-refractivity contribution >= 4 is 16.7 Å². The van der Waals surface area contributed by atoms with Crippen LogP contribution in [0.1, 0.15) is 5.76 Å². The number of phenols is 1. The largest absolute Gasteiger partial charge is 0.508 e. The van der Waals surface area contributed by atoms with E-state index in [9.17, 15) is 20.0 Å². The van der Waals surface area contributed by atoms with E-state index >= 15 is 0 Å². The van der Waals surface area contributed by atoms with Crippen molar-refractivity contribution in [2.45, 2.75) is 6.92 Å². The normalized spacial score (nSPS) is 10.8. The average Bonchev–Trinajstić information content (AvgIpc) is 2.47. The lowest BCUT2D eigenvalue weighted by Crippen LogP contribution is -2.07. The number of rotatable bonds is 2. The van der Waals surface area contributed by atoms with Gasteiger partial charge in [-0.05, 0) is 36.8 Å². The van der Waals surface area contributed by atoms with E-state index in [4.69, 9.17) is 4.42 Å². The summed E-state index contributed by atoms with van der Waals surface area (Å²) >= 11 is 0. The number of fused-ring (bicyclic) bond motifs is 1. The van der Waals surface area contributed by atoms with E-state index in [1.165, 1.54) is 42.5 Å². The molecule has 0 unspecified atom stereocenters. The first kappa shape index (κ1) is 13.8. The highest BCUT2D eigenvalue weighted by Crippen LogP contribution is 2.27. The lowest BCUT2D eigenvalue weighted by Gasteiger charge is -2.07. The van der Waals surface area contributed by atoms with Gasteiger partial charge in [-0.25, -0.2) is 0 Å². The lowest BCUT2D eigenvalue weighted by atomic mass is 10.0. The summed E-state index contributed by atoms with van der Waals surface area (Å²) in [6.07, 6.45) is 0. The zero-order valence-electron chi connectivity index (χ0n) is 11.6. The number of hydrogen-bond donors (Lipinski definition) is 1. The number of nitrogens with zero attached hydrogens (tertiary/aromatic N) is 1. The van der Waals surface area contributed by atoms with Crippen LogP contribution < -0.4 is 5.43 Å². The van der Waals surface area contributed by atoms with Crippen LogP contribution in [0.5, 0.6) is 5.75 Å². The van der Waals surface area contributed by atoms with Crippen LogP contribution in [0, 0.1) is 17.0 Å². The van der Waals surface area contributed by atoms with Gasteiger partial charge in [0.2, 0.25) is 5.43 Å². The van der Waals surface area contributed by atoms with Crippen molar-refractivity contribution in [2.75, 3.05) is 0 Å². The van der Waals surface area contributed by atoms with Gasteiger partial charge in [-0.2, -0.15) is 0 Å². The second kappa shape index (κ2) is 5.00. The molecule has 0 bridgehead atoms. The molecule has 0 atom stereocenters. The monoisotopic (exact) mass is 297 g/mol. The fourth-order valence-electron chi connectivity index (χ4n) is 2.38. The number of nitro benzene ring substituents is 1. The van der Waals surface area contributed by atoms with Crippen LogP contribution in [0.25, 0.3) is 22.1 Å². The first-order valence-corrected chi connectivity index (χ1v) is 6.48. The molecule has 0 fully saturated rings. The summed E-state index contributed by atoms with van der Waals surface area (Å²) in [7, 11) is 0. The number of benzene rings is 2. The van der Waals surface area contributed by atoms with Crippen molar-refractivity contribution in [3.05, 3.63) is 68.6 Å². The van der Waals surface area contributed by atoms with Crippen LogP contribution >= 0.6 is 0 Å². The summed E-state index contributed by atoms with van der Waals surface area (Å²) in [6.45, 7) is 1.64. The molecular weight excluding hydrogens is 286 g/mol. The molecule has 0 radical (unpaired) electrons. The summed E-state index contributed by atoms with van der Waals surface area (Å²) < 4.78 is 5.59. The maximum absolute atomic E-state index is 12.6. The van der Waals surface area contributed by atoms with Gasteiger partial charge in [-0.15, -0.1) is 0 Å². The fraction of sp³-hybridized carbons (Fsp3) is 0.0625. The zero-order valence-corrected chi connectivity index (χ0v) is 11.6. The third-order valence-corrected chi connectivity index (χ3v) is 3.42. The second-order valence-electron chi connectivity index (χ2n) is 4.85. The number of phenolic OH excluding ortho intramolecular Hbond substituents is 1. The first-order valence-electron chi connectivity index (χ1n) is 6.48. The summed E-state index contributed by atoms with van der Waals surface area (Å²) in [4.78, 5) is 22.8. The molecular formula is C16H11NO5. The van der Waals surface area contributed by atoms with Gasteiger partial charge in [0.25, 0.3) is 5.69 Å². The molecule has 0 aliphatic rings. The van der Waals surface area contributed by atoms with Crippen LogP contribution in [0.3, 0.4) is 0 Å². The van der Waals surface area contributed by atoms with Gasteiger partial charge >= 0.3 is 0 Å². The van der Waals surface area contributed by atoms with Crippen LogP contribution in [-0.2, 0) is 0 Å². The molecule has 0 amide bonds. The third kappa shape index (κ3) is 2.20. The fourth-order valence-corrected chi connectivity index (χ4v) is 2.38. The van der Waals surface area contributed by atoms with E-state index in [0.717, 1.165) is 0 Å². The summed E-state index contributed by atoms with van der Waals surface area (Å²) in [5.74, 6) is 0.398. The minimum absolute atomic E-state index is 0.0122. The minimum atomic E-state index is -0.498. The standard InChI is InChI=1S/C16H11NO5/c1-9-15(10-2-4-11(5-3-10)17(20)21)16(19)13-7-6-12(18)8-14(13)22-9/h2-8,18H,1H3. The van der Waals surface area contributed by atoms with Gasteiger partial charge in [-0.3, -0.25) is 14.9 Å². The highest BCUT2D eigenvalue weighted by atomic mass is 16.6. The van der Waals surface area contributed by atoms with E-state index in [1.807, 2.05) is 0 Å². The van der Waals surface area contributed by atoms with Crippen LogP contribution in [0.2, 0.25) is 0 Å². The summed E-state index contributed by atoms with van der Waals surface area (Å²) in [6, 6.07) is 10.0. The van der Waals surface area contributed by atoms with Crippen molar-refractivity contribution in [1.82, 2.24) is 0 Å². The minimum Gasteiger partial charge on any atom is -0.508 e. The molecule has 0 aliphatic carbocycles. The van der Waals surface area contributed by atoms with E-state index in [-0.39, 0.29) is 16.9 Å². The SMILES string of the molecule is Cc1oc2cc(O)ccc2c(=O)c1-c1ccc([N+](=O)[O-])cc1. The van der Waals surface area contributed by atoms with E-state index < -0.39 is 4.92 Å². The molecule has 1 N–H and O–H groups in total. The van der Waals surface area contributed by atoms with E-state index in [0.29, 0.717) is 27.9 Å². The molecule has 1 heterocycles. The average molecular weight is 297 g/mol. The Morgan fingerprint density at radius 2 is 1.82 bits per heavy atom. The van der Waals surface area contributed by atoms with Crippen molar-refractivity contribution in [1.29, 1.82) is 0 Å². The van der Waals surface area contributed by atoms with Crippen molar-refractivity contribution in [2.24, 2.45) is 0 Å². The van der Waals surface area contributed by atoms with Gasteiger partial charge in [0, 0.05) is 18.2 Å². The Morgan fingerprint density at radius 3 is 2.45 bits per heavy atom. The predicted octanol–water partition coefficient (Wildman–Crippen LogP) is 3.38. The predicted molar refractivity (Wildman–Crippen MR) is 81.0 cm³/mol. The smallest absolute Gasteiger partial charge is 0.269 e. The van der Waals surface area contributed by atoms with E-state index in [1.54, 1.807) is 6.92 Å². The molecule has 6 nitrogen and oxygen atoms in total. The molecule has 0 saturated heterocycles. The first-order chi connectivity index (χ1) is 10.5. The lowest BCUT2D eigenvalue weighted by molar-refractivity contribution is -0.384. The Labute approximate surface area is 124 Å². The second-order valence-corrected chi connectivity index (χ2v) is 4.85. The number of aryl methyl sites for hydroxylation is 1. The summed E-state index contributed by atoms with van der Waals surface area (Å²) in [5, 5.41) is 20.5. The molecule has 3 rings (SSSR count). The number of non-ortho nitro benzene ring substituents is 1. The number of aromatic hydroxyl groups is 1. The molecule has 0 saturated carbocycles. The highest BCUT2D eigenvalue weighted by Gasteiger charge is 2.15. The van der Waals surface area contributed by atoms with Gasteiger partial charge < -0.3 is 9.52 Å². The molecule has 0 aliphatic heterocycles. The topological polar surface area (TPSA) is 93.6 Å². The van der Waals surface area contributed by atoms with Crippen LogP contribution in [0.15, 0.2) is 51.7 Å². The Balaban J connectivity index is 2.24. The summed E-state index contributed by atoms with van der Waals surface area (Å²) in [5.41, 5.74) is 0.914. The molecule has 22 heavy (non-hydrogen) atoms. The molecule has 2 aromatic carbocycles. The Morgan fingerprint density at radius 1 is 1.14 bits per heavy atom. The zero-order chi connectivity index (χ0) is 15.9. The maximum atomic E-state index is 12.6. The Hall–Kier alpha value is -3.15. The van der Waals surface area contributed by atoms with Crippen molar-refractivity contribution in [3.8, 4) is 16.9 Å². The van der Waals surface area contributed by atoms with Gasteiger partial charge in [0.1, 0.15) is 17.1 Å². The third-order valence-electron chi connectivity index (χ3n) is 3.42. The molecule has 110 valence electrons. The van der Waals surface area contributed by atoms with Gasteiger partial charge in [0.15, 0.2) is 0 Å². The molecule has 0 spiro atoms. The quantitative estimate of drug-likeness (QED) is 0.578. The maximum Gasteiger partial charge on any atom is 0.269 e. The van der Waals surface area contributed by atoms with Crippen LogP contribution in [-0.4, -0.2) is 10.0 Å². The van der Waals surface area contributed by atoms with Gasteiger partial charge in [-0.1, -0.05) is 0 Å². The molecule has 6 heteroatoms. The number of nitro groups is 1. The molecule has 1 aromatic heterocycles. The van der Waals surface area contributed by atoms with E-state index in [2.05, 4.69) is 0 Å².